The molecule has 0 amide bonds. The van der Waals surface area contributed by atoms with Crippen molar-refractivity contribution in [3.05, 3.63) is 0 Å². The molecule has 0 aliphatic rings. The van der Waals surface area contributed by atoms with Crippen LogP contribution in [0.4, 0.5) is 0 Å². The van der Waals surface area contributed by atoms with Crippen molar-refractivity contribution in [3.63, 3.8) is 0 Å². The van der Waals surface area contributed by atoms with Crippen molar-refractivity contribution in [2.75, 3.05) is 12.4 Å². The number of esters is 1. The summed E-state index contributed by atoms with van der Waals surface area (Å²) in [4.78, 5) is 10.8. The Bertz CT molecular complexity index is 183. The molecule has 13 heteroatoms. The number of hydrogen-bond donors (Lipinski definition) is 0. The van der Waals surface area contributed by atoms with Gasteiger partial charge in [-0.2, -0.15) is 0 Å². The van der Waals surface area contributed by atoms with E-state index in [0.29, 0.717) is 9.56 Å². The number of halogens is 1. The van der Waals surface area contributed by atoms with Gasteiger partial charge in [-0.1, -0.05) is 0 Å². The van der Waals surface area contributed by atoms with Crippen LogP contribution in [0.1, 0.15) is 0 Å². The topological polar surface area (TPSA) is 26.3 Å². The first-order chi connectivity index (χ1) is 5.63. The van der Waals surface area contributed by atoms with Gasteiger partial charge in [0.2, 0.25) is 0 Å². The summed E-state index contributed by atoms with van der Waals surface area (Å²) in [7, 11) is 1.37. The predicted octanol–water partition coefficient (Wildman–Crippen LogP) is -0.0273. The summed E-state index contributed by atoms with van der Waals surface area (Å²) >= 11 is 12.2. The summed E-state index contributed by atoms with van der Waals surface area (Å²) in [6.45, 7) is 0. The maximum absolute atomic E-state index is 10.8. The van der Waals surface area contributed by atoms with E-state index in [1.807, 2.05) is 0 Å². The Morgan fingerprint density at radius 2 is 1.28 bits per heavy atom. The van der Waals surface area contributed by atoms with Crippen LogP contribution < -0.4 is 0 Å². The fraction of sp³-hybridized carbons (Fsp3) is 0.400. The Hall–Kier alpha value is 5.53. The van der Waals surface area contributed by atoms with Gasteiger partial charge in [-0.25, -0.2) is 0 Å². The van der Waals surface area contributed by atoms with Crippen LogP contribution in [0.3, 0.4) is 0 Å². The SMILES string of the molecule is COC(=O)[C](=[V])[C](=[V])CBr.[V].[V].[V].[V].[V].[V].[V]=[V]. The molecule has 2 nitrogen and oxygen atoms in total. The van der Waals surface area contributed by atoms with Crippen molar-refractivity contribution < 1.29 is 184 Å². The monoisotopic (exact) mass is 685 g/mol. The molecular formula is C5H5BrO2V10. The summed E-state index contributed by atoms with van der Waals surface area (Å²) < 4.78 is 6.00. The molecule has 0 aliphatic carbocycles. The van der Waals surface area contributed by atoms with Gasteiger partial charge in [0, 0.05) is 111 Å². The third-order valence-corrected chi connectivity index (χ3v) is 3.79. The zero-order valence-corrected chi connectivity index (χ0v) is 24.4. The number of carbonyl (C=O) groups is 1. The molecule has 0 aromatic carbocycles. The summed E-state index contributed by atoms with van der Waals surface area (Å²) in [5.41, 5.74) is 0. The Kier molecular flexibility index (Phi) is 105. The van der Waals surface area contributed by atoms with E-state index in [2.05, 4.69) is 83.9 Å². The summed E-state index contributed by atoms with van der Waals surface area (Å²) in [5.74, 6) is -0.296. The van der Waals surface area contributed by atoms with Gasteiger partial charge < -0.3 is 0 Å². The van der Waals surface area contributed by atoms with E-state index in [4.69, 9.17) is 0 Å². The van der Waals surface area contributed by atoms with E-state index in [9.17, 15) is 4.79 Å². The van der Waals surface area contributed by atoms with Gasteiger partial charge in [-0.3, -0.25) is 0 Å². The van der Waals surface area contributed by atoms with Crippen LogP contribution in [0.2, 0.25) is 0 Å². The number of carbonyl (C=O) groups excluding carboxylic acids is 1. The minimum atomic E-state index is -0.296. The van der Waals surface area contributed by atoms with Gasteiger partial charge >= 0.3 is 116 Å². The van der Waals surface area contributed by atoms with Gasteiger partial charge in [-0.05, 0) is 0 Å². The van der Waals surface area contributed by atoms with Gasteiger partial charge in [0.25, 0.3) is 0 Å². The first kappa shape index (κ1) is 49.5. The molecule has 0 unspecified atom stereocenters. The van der Waals surface area contributed by atoms with Crippen LogP contribution >= 0.6 is 15.9 Å². The second-order valence-electron chi connectivity index (χ2n) is 1.42. The molecule has 94 valence electrons. The molecule has 0 rings (SSSR count). The number of hydrogen-bond acceptors (Lipinski definition) is 2. The van der Waals surface area contributed by atoms with Gasteiger partial charge in [0.15, 0.2) is 0 Å². The fourth-order valence-corrected chi connectivity index (χ4v) is 1.31. The van der Waals surface area contributed by atoms with Gasteiger partial charge in [0.05, 0.1) is 0 Å². The van der Waals surface area contributed by atoms with Crippen molar-refractivity contribution >= 4 is 30.4 Å². The third kappa shape index (κ3) is 29.5. The molecule has 0 aromatic rings. The molecule has 0 aromatic heterocycles. The molecular weight excluding hydrogens is 681 g/mol. The Morgan fingerprint density at radius 1 is 1.00 bits per heavy atom. The maximum atomic E-state index is 10.8. The normalized spacial score (nSPS) is 4.78. The summed E-state index contributed by atoms with van der Waals surface area (Å²) in [6, 6.07) is 0. The van der Waals surface area contributed by atoms with Crippen LogP contribution in [-0.4, -0.2) is 26.9 Å². The molecule has 0 aliphatic heterocycles. The molecule has 0 spiro atoms. The zero-order chi connectivity index (χ0) is 10.1. The average molecular weight is 686 g/mol. The molecule has 0 N–H and O–H groups in total. The van der Waals surface area contributed by atoms with Crippen LogP contribution in [0.25, 0.3) is 0 Å². The first-order valence-electron chi connectivity index (χ1n) is 2.58. The molecule has 0 bridgehead atoms. The van der Waals surface area contributed by atoms with E-state index in [0.717, 1.165) is 4.23 Å². The second kappa shape index (κ2) is 38.2. The van der Waals surface area contributed by atoms with Crippen molar-refractivity contribution in [2.45, 2.75) is 0 Å². The van der Waals surface area contributed by atoms with E-state index in [-0.39, 0.29) is 117 Å². The fourth-order valence-electron chi connectivity index (χ4n) is 0.278. The van der Waals surface area contributed by atoms with Gasteiger partial charge in [0.1, 0.15) is 0 Å². The standard InChI is InChI=1S/C5H5BrO2.10V/c1-8-5(7)3-2-4-6;;;;;;;;;;/h4H2,1H3;;;;;;;;;;. The van der Waals surface area contributed by atoms with Crippen molar-refractivity contribution in [1.29, 1.82) is 0 Å². The summed E-state index contributed by atoms with van der Waals surface area (Å²) in [5, 5.41) is 0.673. The minimum absolute atomic E-state index is 0. The molecule has 0 fully saturated rings. The quantitative estimate of drug-likeness (QED) is 0.309. The number of ether oxygens (including phenoxy) is 1. The number of methoxy groups -OCH3 is 1. The Morgan fingerprint density at radius 3 is 1.44 bits per heavy atom. The molecule has 0 heterocycles. The summed E-state index contributed by atoms with van der Waals surface area (Å²) in [6.07, 6.45) is 0. The Balaban J connectivity index is -0.0000000198. The Labute approximate surface area is 222 Å². The van der Waals surface area contributed by atoms with Crippen LogP contribution in [0.5, 0.6) is 0 Å². The van der Waals surface area contributed by atoms with E-state index >= 15 is 0 Å². The van der Waals surface area contributed by atoms with Crippen molar-refractivity contribution in [1.82, 2.24) is 0 Å². The van der Waals surface area contributed by atoms with Crippen LogP contribution in [-0.2, 0) is 184 Å². The molecule has 0 atom stereocenters. The van der Waals surface area contributed by atoms with Crippen molar-refractivity contribution in [3.8, 4) is 0 Å². The van der Waals surface area contributed by atoms with Crippen LogP contribution in [0.15, 0.2) is 0 Å². The third-order valence-electron chi connectivity index (χ3n) is 0.779. The van der Waals surface area contributed by atoms with Crippen LogP contribution in [0, 0.1) is 0 Å². The van der Waals surface area contributed by atoms with E-state index < -0.39 is 0 Å². The van der Waals surface area contributed by atoms with E-state index in [1.54, 1.807) is 0 Å². The molecule has 6 radical (unpaired) electrons. The molecule has 18 heavy (non-hydrogen) atoms. The molecule has 0 saturated carbocycles. The zero-order valence-electron chi connectivity index (χ0n) is 8.87. The first-order valence-corrected chi connectivity index (χ1v) is 8.30. The average Bonchev–Trinajstić information content (AvgIpc) is 2.17. The van der Waals surface area contributed by atoms with E-state index in [1.165, 1.54) is 7.11 Å². The van der Waals surface area contributed by atoms with Crippen molar-refractivity contribution in [2.24, 2.45) is 0 Å². The predicted molar refractivity (Wildman–Crippen MR) is 35.8 cm³/mol. The molecule has 0 saturated heterocycles. The van der Waals surface area contributed by atoms with Gasteiger partial charge in [-0.15, -0.1) is 0 Å². The number of rotatable bonds is 3. The second-order valence-corrected chi connectivity index (χ2v) is 3.52. The number of alkyl halides is 1.